The topological polar surface area (TPSA) is 84.2 Å². The number of hydrogen-bond donors (Lipinski definition) is 2. The molecule has 0 saturated heterocycles. The van der Waals surface area contributed by atoms with Crippen molar-refractivity contribution < 1.29 is 14.7 Å². The van der Waals surface area contributed by atoms with Gasteiger partial charge in [0.25, 0.3) is 0 Å². The minimum absolute atomic E-state index is 0.512. The second kappa shape index (κ2) is 5.13. The van der Waals surface area contributed by atoms with Crippen LogP contribution in [-0.4, -0.2) is 26.7 Å². The fourth-order valence-electron chi connectivity index (χ4n) is 1.51. The van der Waals surface area contributed by atoms with Gasteiger partial charge in [0, 0.05) is 12.4 Å². The van der Waals surface area contributed by atoms with Gasteiger partial charge in [-0.2, -0.15) is 0 Å². The Hall–Kier alpha value is -2.63. The predicted molar refractivity (Wildman–Crippen MR) is 63.0 cm³/mol. The number of hydrogen-bond acceptors (Lipinski definition) is 3. The summed E-state index contributed by atoms with van der Waals surface area (Å²) in [6.45, 7) is 0. The van der Waals surface area contributed by atoms with Crippen molar-refractivity contribution in [3.63, 3.8) is 0 Å². The summed E-state index contributed by atoms with van der Waals surface area (Å²) < 4.78 is 1.18. The van der Waals surface area contributed by atoms with Crippen molar-refractivity contribution in [3.8, 4) is 0 Å². The van der Waals surface area contributed by atoms with Gasteiger partial charge in [-0.1, -0.05) is 30.3 Å². The highest BCUT2D eigenvalue weighted by molar-refractivity contribution is 5.84. The summed E-state index contributed by atoms with van der Waals surface area (Å²) in [5.74, 6) is -1.12. The largest absolute Gasteiger partial charge is 0.479 e. The molecule has 1 aromatic carbocycles. The van der Waals surface area contributed by atoms with Crippen LogP contribution in [0.2, 0.25) is 0 Å². The number of rotatable bonds is 3. The Balaban J connectivity index is 2.18. The minimum Gasteiger partial charge on any atom is -0.479 e. The molecule has 0 aliphatic carbocycles. The van der Waals surface area contributed by atoms with Gasteiger partial charge in [-0.25, -0.2) is 14.6 Å². The van der Waals surface area contributed by atoms with Crippen molar-refractivity contribution in [3.05, 3.63) is 54.6 Å². The van der Waals surface area contributed by atoms with Crippen LogP contribution in [0, 0.1) is 0 Å². The third kappa shape index (κ3) is 2.54. The molecule has 0 fully saturated rings. The number of aromatic nitrogens is 2. The summed E-state index contributed by atoms with van der Waals surface area (Å²) >= 11 is 0. The molecule has 0 spiro atoms. The lowest BCUT2D eigenvalue weighted by atomic mass is 10.1. The van der Waals surface area contributed by atoms with E-state index in [4.69, 9.17) is 5.11 Å². The standard InChI is InChI=1S/C12H11N3O3/c16-11(17)10(9-4-2-1-3-5-9)14-12(18)15-7-6-13-8-15/h1-8,10H,(H,14,18)(H,16,17). The summed E-state index contributed by atoms with van der Waals surface area (Å²) in [6.07, 6.45) is 4.19. The Morgan fingerprint density at radius 3 is 2.56 bits per heavy atom. The molecule has 6 heteroatoms. The van der Waals surface area contributed by atoms with Crippen LogP contribution in [0.4, 0.5) is 4.79 Å². The van der Waals surface area contributed by atoms with Crippen molar-refractivity contribution in [1.82, 2.24) is 14.9 Å². The first-order chi connectivity index (χ1) is 8.68. The van der Waals surface area contributed by atoms with E-state index in [1.807, 2.05) is 0 Å². The molecule has 1 aromatic heterocycles. The van der Waals surface area contributed by atoms with E-state index in [2.05, 4.69) is 10.3 Å². The van der Waals surface area contributed by atoms with Gasteiger partial charge in [0.1, 0.15) is 6.33 Å². The SMILES string of the molecule is O=C(O)C(NC(=O)n1ccnc1)c1ccccc1. The van der Waals surface area contributed by atoms with Crippen molar-refractivity contribution in [1.29, 1.82) is 0 Å². The number of carboxylic acids is 1. The van der Waals surface area contributed by atoms with Gasteiger partial charge in [-0.05, 0) is 5.56 Å². The molecule has 1 amide bonds. The lowest BCUT2D eigenvalue weighted by molar-refractivity contribution is -0.139. The molecular weight excluding hydrogens is 234 g/mol. The molecule has 0 aliphatic heterocycles. The first kappa shape index (κ1) is 11.8. The summed E-state index contributed by atoms with van der Waals surface area (Å²) in [7, 11) is 0. The highest BCUT2D eigenvalue weighted by Crippen LogP contribution is 2.12. The lowest BCUT2D eigenvalue weighted by Gasteiger charge is -2.14. The van der Waals surface area contributed by atoms with Crippen LogP contribution in [0.25, 0.3) is 0 Å². The van der Waals surface area contributed by atoms with E-state index in [1.54, 1.807) is 30.3 Å². The monoisotopic (exact) mass is 245 g/mol. The number of carboxylic acid groups (broad SMARTS) is 1. The molecule has 1 unspecified atom stereocenters. The lowest BCUT2D eigenvalue weighted by Crippen LogP contribution is -2.36. The quantitative estimate of drug-likeness (QED) is 0.852. The van der Waals surface area contributed by atoms with Crippen molar-refractivity contribution in [2.45, 2.75) is 6.04 Å². The van der Waals surface area contributed by atoms with Gasteiger partial charge in [0.15, 0.2) is 6.04 Å². The summed E-state index contributed by atoms with van der Waals surface area (Å²) in [5.41, 5.74) is 0.512. The first-order valence-corrected chi connectivity index (χ1v) is 5.25. The molecular formula is C12H11N3O3. The zero-order valence-electron chi connectivity index (χ0n) is 9.35. The molecule has 1 heterocycles. The van der Waals surface area contributed by atoms with Crippen LogP contribution in [-0.2, 0) is 4.79 Å². The Bertz CT molecular complexity index is 537. The average Bonchev–Trinajstić information content (AvgIpc) is 2.90. The second-order valence-corrected chi connectivity index (χ2v) is 3.60. The highest BCUT2D eigenvalue weighted by Gasteiger charge is 2.22. The van der Waals surface area contributed by atoms with Crippen LogP contribution >= 0.6 is 0 Å². The Labute approximate surface area is 103 Å². The van der Waals surface area contributed by atoms with Crippen molar-refractivity contribution in [2.75, 3.05) is 0 Å². The predicted octanol–water partition coefficient (Wildman–Crippen LogP) is 1.27. The molecule has 18 heavy (non-hydrogen) atoms. The number of carbonyl (C=O) groups excluding carboxylic acids is 1. The fourth-order valence-corrected chi connectivity index (χ4v) is 1.51. The van der Waals surface area contributed by atoms with E-state index in [9.17, 15) is 9.59 Å². The number of benzene rings is 1. The van der Waals surface area contributed by atoms with E-state index in [0.717, 1.165) is 0 Å². The van der Waals surface area contributed by atoms with Crippen LogP contribution in [0.3, 0.4) is 0 Å². The molecule has 2 N–H and O–H groups in total. The van der Waals surface area contributed by atoms with E-state index in [1.165, 1.54) is 23.3 Å². The maximum atomic E-state index is 11.7. The maximum Gasteiger partial charge on any atom is 0.330 e. The van der Waals surface area contributed by atoms with Gasteiger partial charge in [0.05, 0.1) is 0 Å². The van der Waals surface area contributed by atoms with Crippen LogP contribution in [0.5, 0.6) is 0 Å². The second-order valence-electron chi connectivity index (χ2n) is 3.60. The van der Waals surface area contributed by atoms with E-state index in [-0.39, 0.29) is 0 Å². The van der Waals surface area contributed by atoms with E-state index >= 15 is 0 Å². The number of aliphatic carboxylic acids is 1. The Morgan fingerprint density at radius 2 is 2.00 bits per heavy atom. The fraction of sp³-hybridized carbons (Fsp3) is 0.0833. The number of nitrogens with zero attached hydrogens (tertiary/aromatic N) is 2. The first-order valence-electron chi connectivity index (χ1n) is 5.25. The molecule has 0 radical (unpaired) electrons. The summed E-state index contributed by atoms with van der Waals surface area (Å²) in [5, 5.41) is 11.6. The van der Waals surface area contributed by atoms with Crippen LogP contribution in [0.1, 0.15) is 11.6 Å². The van der Waals surface area contributed by atoms with Gasteiger partial charge in [-0.15, -0.1) is 0 Å². The third-order valence-corrected chi connectivity index (χ3v) is 2.39. The molecule has 0 bridgehead atoms. The van der Waals surface area contributed by atoms with Crippen molar-refractivity contribution >= 4 is 12.0 Å². The molecule has 92 valence electrons. The zero-order valence-corrected chi connectivity index (χ0v) is 9.35. The minimum atomic E-state index is -1.12. The highest BCUT2D eigenvalue weighted by atomic mass is 16.4. The van der Waals surface area contributed by atoms with Crippen molar-refractivity contribution in [2.24, 2.45) is 0 Å². The molecule has 2 aromatic rings. The van der Waals surface area contributed by atoms with E-state index < -0.39 is 18.0 Å². The van der Waals surface area contributed by atoms with Crippen LogP contribution in [0.15, 0.2) is 49.1 Å². The van der Waals surface area contributed by atoms with Gasteiger partial charge < -0.3 is 10.4 Å². The summed E-state index contributed by atoms with van der Waals surface area (Å²) in [6, 6.07) is 6.88. The van der Waals surface area contributed by atoms with Gasteiger partial charge >= 0.3 is 12.0 Å². The zero-order chi connectivity index (χ0) is 13.0. The molecule has 0 aliphatic rings. The maximum absolute atomic E-state index is 11.7. The van der Waals surface area contributed by atoms with Gasteiger partial charge in [0.2, 0.25) is 0 Å². The Morgan fingerprint density at radius 1 is 1.28 bits per heavy atom. The normalized spacial score (nSPS) is 11.8. The number of imidazole rings is 1. The number of nitrogens with one attached hydrogen (secondary N) is 1. The molecule has 1 atom stereocenters. The average molecular weight is 245 g/mol. The molecule has 2 rings (SSSR count). The third-order valence-electron chi connectivity index (χ3n) is 2.39. The van der Waals surface area contributed by atoms with Gasteiger partial charge in [-0.3, -0.25) is 4.57 Å². The number of amides is 1. The summed E-state index contributed by atoms with van der Waals surface area (Å²) in [4.78, 5) is 26.6. The van der Waals surface area contributed by atoms with Crippen LogP contribution < -0.4 is 5.32 Å². The molecule has 0 saturated carbocycles. The Kier molecular flexibility index (Phi) is 3.38. The smallest absolute Gasteiger partial charge is 0.330 e. The van der Waals surface area contributed by atoms with E-state index in [0.29, 0.717) is 5.56 Å². The molecule has 6 nitrogen and oxygen atoms in total. The number of carbonyl (C=O) groups is 2.